The molecule has 3 aromatic rings. The highest BCUT2D eigenvalue weighted by Crippen LogP contribution is 2.44. The van der Waals surface area contributed by atoms with Gasteiger partial charge in [0.2, 0.25) is 0 Å². The maximum absolute atomic E-state index is 12.7. The molecule has 0 saturated heterocycles. The van der Waals surface area contributed by atoms with Crippen molar-refractivity contribution in [1.82, 2.24) is 5.32 Å². The van der Waals surface area contributed by atoms with Crippen molar-refractivity contribution >= 4 is 23.7 Å². The average Bonchev–Trinajstić information content (AvgIpc) is 3.12. The number of aryl methyl sites for hydroxylation is 1. The van der Waals surface area contributed by atoms with Gasteiger partial charge >= 0.3 is 12.1 Å². The Morgan fingerprint density at radius 3 is 2.21 bits per heavy atom. The van der Waals surface area contributed by atoms with Crippen LogP contribution in [0.5, 0.6) is 0 Å². The summed E-state index contributed by atoms with van der Waals surface area (Å²) in [6.45, 7) is 3.60. The van der Waals surface area contributed by atoms with Crippen molar-refractivity contribution in [3.63, 3.8) is 0 Å². The minimum atomic E-state index is -1.01. The molecule has 1 aliphatic carbocycles. The molecule has 0 bridgehead atoms. The number of carbonyl (C=O) groups is 3. The van der Waals surface area contributed by atoms with Crippen LogP contribution in [0, 0.1) is 6.92 Å². The van der Waals surface area contributed by atoms with Crippen molar-refractivity contribution in [1.29, 1.82) is 0 Å². The molecule has 7 nitrogen and oxygen atoms in total. The maximum Gasteiger partial charge on any atom is 0.411 e. The van der Waals surface area contributed by atoms with Gasteiger partial charge < -0.3 is 15.2 Å². The zero-order valence-corrected chi connectivity index (χ0v) is 19.0. The highest BCUT2D eigenvalue weighted by Gasteiger charge is 2.29. The summed E-state index contributed by atoms with van der Waals surface area (Å²) in [4.78, 5) is 36.3. The van der Waals surface area contributed by atoms with Gasteiger partial charge in [0.05, 0.1) is 17.7 Å². The molecule has 1 atom stereocenters. The van der Waals surface area contributed by atoms with Gasteiger partial charge in [0, 0.05) is 12.0 Å². The number of hydrogen-bond acceptors (Lipinski definition) is 4. The summed E-state index contributed by atoms with van der Waals surface area (Å²) in [5, 5.41) is 14.3. The Kier molecular flexibility index (Phi) is 6.63. The number of aliphatic carboxylic acids is 1. The van der Waals surface area contributed by atoms with E-state index in [1.165, 1.54) is 0 Å². The van der Waals surface area contributed by atoms with E-state index in [2.05, 4.69) is 22.8 Å². The maximum atomic E-state index is 12.7. The highest BCUT2D eigenvalue weighted by molar-refractivity contribution is 6.03. The van der Waals surface area contributed by atoms with Crippen LogP contribution in [-0.4, -0.2) is 35.7 Å². The number of anilines is 1. The van der Waals surface area contributed by atoms with Crippen LogP contribution in [0.25, 0.3) is 11.1 Å². The number of hydrogen-bond donors (Lipinski definition) is 3. The van der Waals surface area contributed by atoms with Crippen LogP contribution < -0.4 is 10.6 Å². The van der Waals surface area contributed by atoms with Gasteiger partial charge in [-0.15, -0.1) is 0 Å². The summed E-state index contributed by atoms with van der Waals surface area (Å²) in [6.07, 6.45) is -0.870. The van der Waals surface area contributed by atoms with Gasteiger partial charge in [-0.3, -0.25) is 14.9 Å². The number of carbonyl (C=O) groups excluding carboxylic acids is 2. The summed E-state index contributed by atoms with van der Waals surface area (Å²) in [5.74, 6) is -1.55. The standard InChI is InChI=1S/C27H26N2O5/c1-16-11-12-24(22(13-16)26(32)28-17(2)14-25(30)31)29-27(33)34-15-23-20-9-5-3-7-18(20)19-8-4-6-10-21(19)23/h3-13,17,23H,14-15H2,1-2H3,(H,28,32)(H,29,33)(H,30,31)/t17-/m0/s1. The monoisotopic (exact) mass is 458 g/mol. The van der Waals surface area contributed by atoms with E-state index in [0.29, 0.717) is 5.69 Å². The third-order valence-corrected chi connectivity index (χ3v) is 5.86. The molecule has 174 valence electrons. The van der Waals surface area contributed by atoms with Crippen LogP contribution in [-0.2, 0) is 9.53 Å². The van der Waals surface area contributed by atoms with Crippen molar-refractivity contribution in [2.75, 3.05) is 11.9 Å². The number of nitrogens with one attached hydrogen (secondary N) is 2. The molecule has 3 aromatic carbocycles. The third kappa shape index (κ3) is 4.93. The Balaban J connectivity index is 1.46. The number of benzene rings is 3. The quantitative estimate of drug-likeness (QED) is 0.465. The lowest BCUT2D eigenvalue weighted by Gasteiger charge is -2.17. The second-order valence-corrected chi connectivity index (χ2v) is 8.47. The number of fused-ring (bicyclic) bond motifs is 3. The largest absolute Gasteiger partial charge is 0.481 e. The molecule has 4 rings (SSSR count). The van der Waals surface area contributed by atoms with E-state index in [4.69, 9.17) is 9.84 Å². The molecule has 0 radical (unpaired) electrons. The van der Waals surface area contributed by atoms with E-state index in [0.717, 1.165) is 27.8 Å². The summed E-state index contributed by atoms with van der Waals surface area (Å²) in [5.41, 5.74) is 5.86. The summed E-state index contributed by atoms with van der Waals surface area (Å²) < 4.78 is 5.58. The normalized spacial score (nSPS) is 12.9. The second-order valence-electron chi connectivity index (χ2n) is 8.47. The average molecular weight is 459 g/mol. The summed E-state index contributed by atoms with van der Waals surface area (Å²) in [7, 11) is 0. The molecule has 0 fully saturated rings. The van der Waals surface area contributed by atoms with Crippen LogP contribution in [0.3, 0.4) is 0 Å². The van der Waals surface area contributed by atoms with E-state index in [-0.39, 0.29) is 24.5 Å². The van der Waals surface area contributed by atoms with Crippen LogP contribution in [0.1, 0.15) is 46.3 Å². The summed E-state index contributed by atoms with van der Waals surface area (Å²) in [6, 6.07) is 20.6. The molecule has 0 heterocycles. The SMILES string of the molecule is Cc1ccc(NC(=O)OCC2c3ccccc3-c3ccccc32)c(C(=O)N[C@@H](C)CC(=O)O)c1. The molecule has 1 aliphatic rings. The molecule has 34 heavy (non-hydrogen) atoms. The number of carboxylic acid groups (broad SMARTS) is 1. The lowest BCUT2D eigenvalue weighted by Crippen LogP contribution is -2.34. The Morgan fingerprint density at radius 1 is 0.971 bits per heavy atom. The topological polar surface area (TPSA) is 105 Å². The molecular formula is C27H26N2O5. The Labute approximate surface area is 197 Å². The first kappa shape index (κ1) is 23.0. The van der Waals surface area contributed by atoms with Gasteiger partial charge in [-0.1, -0.05) is 60.2 Å². The molecule has 0 saturated carbocycles. The first-order chi connectivity index (χ1) is 16.3. The second kappa shape index (κ2) is 9.79. The van der Waals surface area contributed by atoms with Crippen molar-refractivity contribution in [3.8, 4) is 11.1 Å². The fourth-order valence-corrected chi connectivity index (χ4v) is 4.31. The van der Waals surface area contributed by atoms with Crippen molar-refractivity contribution in [3.05, 3.63) is 89.0 Å². The number of carboxylic acids is 1. The predicted molar refractivity (Wildman–Crippen MR) is 129 cm³/mol. The van der Waals surface area contributed by atoms with E-state index in [9.17, 15) is 14.4 Å². The highest BCUT2D eigenvalue weighted by atomic mass is 16.5. The van der Waals surface area contributed by atoms with Crippen LogP contribution in [0.4, 0.5) is 10.5 Å². The minimum Gasteiger partial charge on any atom is -0.481 e. The lowest BCUT2D eigenvalue weighted by atomic mass is 9.98. The fourth-order valence-electron chi connectivity index (χ4n) is 4.31. The van der Waals surface area contributed by atoms with Gasteiger partial charge in [-0.25, -0.2) is 4.79 Å². The number of ether oxygens (including phenoxy) is 1. The van der Waals surface area contributed by atoms with Gasteiger partial charge in [-0.05, 0) is 48.2 Å². The first-order valence-electron chi connectivity index (χ1n) is 11.1. The van der Waals surface area contributed by atoms with Gasteiger partial charge in [0.15, 0.2) is 0 Å². The van der Waals surface area contributed by atoms with Crippen LogP contribution in [0.15, 0.2) is 66.7 Å². The Morgan fingerprint density at radius 2 is 1.59 bits per heavy atom. The summed E-state index contributed by atoms with van der Waals surface area (Å²) >= 11 is 0. The predicted octanol–water partition coefficient (Wildman–Crippen LogP) is 4.95. The van der Waals surface area contributed by atoms with Crippen molar-refractivity contribution in [2.45, 2.75) is 32.2 Å². The van der Waals surface area contributed by atoms with Gasteiger partial charge in [0.25, 0.3) is 5.91 Å². The number of amides is 2. The smallest absolute Gasteiger partial charge is 0.411 e. The van der Waals surface area contributed by atoms with Gasteiger partial charge in [-0.2, -0.15) is 0 Å². The molecule has 0 unspecified atom stereocenters. The van der Waals surface area contributed by atoms with Crippen molar-refractivity contribution in [2.24, 2.45) is 0 Å². The fraction of sp³-hybridized carbons (Fsp3) is 0.222. The molecule has 0 aromatic heterocycles. The first-order valence-corrected chi connectivity index (χ1v) is 11.1. The molecule has 2 amide bonds. The van der Waals surface area contributed by atoms with E-state index < -0.39 is 24.0 Å². The van der Waals surface area contributed by atoms with E-state index >= 15 is 0 Å². The van der Waals surface area contributed by atoms with Crippen molar-refractivity contribution < 1.29 is 24.2 Å². The lowest BCUT2D eigenvalue weighted by molar-refractivity contribution is -0.137. The molecule has 0 aliphatic heterocycles. The minimum absolute atomic E-state index is 0.0733. The zero-order chi connectivity index (χ0) is 24.2. The molecule has 3 N–H and O–H groups in total. The Hall–Kier alpha value is -4.13. The van der Waals surface area contributed by atoms with E-state index in [1.54, 1.807) is 25.1 Å². The molecule has 7 heteroatoms. The van der Waals surface area contributed by atoms with Crippen LogP contribution in [0.2, 0.25) is 0 Å². The van der Waals surface area contributed by atoms with E-state index in [1.807, 2.05) is 43.3 Å². The molecule has 0 spiro atoms. The van der Waals surface area contributed by atoms with Crippen LogP contribution >= 0.6 is 0 Å². The molecular weight excluding hydrogens is 432 g/mol. The Bertz CT molecular complexity index is 1210. The van der Waals surface area contributed by atoms with Gasteiger partial charge in [0.1, 0.15) is 6.61 Å². The third-order valence-electron chi connectivity index (χ3n) is 5.86. The zero-order valence-electron chi connectivity index (χ0n) is 19.0. The number of rotatable bonds is 7.